The van der Waals surface area contributed by atoms with Crippen LogP contribution in [0, 0.1) is 11.8 Å². The lowest BCUT2D eigenvalue weighted by Crippen LogP contribution is -2.33. The van der Waals surface area contributed by atoms with Gasteiger partial charge in [0.05, 0.1) is 0 Å². The van der Waals surface area contributed by atoms with Crippen LogP contribution in [0.25, 0.3) is 0 Å². The number of rotatable bonds is 9. The molecule has 0 bridgehead atoms. The van der Waals surface area contributed by atoms with E-state index in [2.05, 4.69) is 24.5 Å². The van der Waals surface area contributed by atoms with E-state index in [1.807, 2.05) is 24.3 Å². The molecule has 1 aliphatic rings. The first-order chi connectivity index (χ1) is 12.0. The summed E-state index contributed by atoms with van der Waals surface area (Å²) in [5, 5.41) is 6.34. The average Bonchev–Trinajstić information content (AvgIpc) is 2.61. The summed E-state index contributed by atoms with van der Waals surface area (Å²) in [5.74, 6) is 1.30. The van der Waals surface area contributed by atoms with Gasteiger partial charge in [-0.2, -0.15) is 0 Å². The molecule has 2 rings (SSSR count). The third kappa shape index (κ3) is 7.39. The number of nitrogens with one attached hydrogen (secondary N) is 2. The van der Waals surface area contributed by atoms with Crippen LogP contribution >= 0.6 is 0 Å². The van der Waals surface area contributed by atoms with Gasteiger partial charge < -0.3 is 10.6 Å². The van der Waals surface area contributed by atoms with Crippen molar-refractivity contribution < 1.29 is 9.59 Å². The van der Waals surface area contributed by atoms with Crippen LogP contribution in [0.5, 0.6) is 0 Å². The Morgan fingerprint density at radius 1 is 1.20 bits per heavy atom. The fourth-order valence-corrected chi connectivity index (χ4v) is 3.34. The summed E-state index contributed by atoms with van der Waals surface area (Å²) in [4.78, 5) is 24.1. The molecule has 0 radical (unpaired) electrons. The van der Waals surface area contributed by atoms with E-state index in [0.717, 1.165) is 25.9 Å². The van der Waals surface area contributed by atoms with E-state index >= 15 is 0 Å². The Labute approximate surface area is 151 Å². The number of ketones is 1. The zero-order valence-electron chi connectivity index (χ0n) is 15.6. The van der Waals surface area contributed by atoms with Crippen LogP contribution in [0.15, 0.2) is 24.3 Å². The molecule has 138 valence electrons. The van der Waals surface area contributed by atoms with Crippen molar-refractivity contribution in [2.45, 2.75) is 52.4 Å². The second kappa shape index (κ2) is 10.3. The van der Waals surface area contributed by atoms with Crippen molar-refractivity contribution in [3.8, 4) is 0 Å². The fraction of sp³-hybridized carbons (Fsp3) is 0.619. The minimum atomic E-state index is -0.0199. The van der Waals surface area contributed by atoms with E-state index in [4.69, 9.17) is 0 Å². The normalized spacial score (nSPS) is 17.5. The second-order valence-corrected chi connectivity index (χ2v) is 7.57. The van der Waals surface area contributed by atoms with E-state index in [0.29, 0.717) is 23.9 Å². The molecule has 1 fully saturated rings. The van der Waals surface area contributed by atoms with Crippen LogP contribution in [0.3, 0.4) is 0 Å². The van der Waals surface area contributed by atoms with Gasteiger partial charge in [0, 0.05) is 24.9 Å². The standard InChI is InChI=1S/C21H32N2O2/c1-16(2)14-17-5-7-19(8-6-17)20(24)9-10-21(25)23-13-11-18-4-3-12-22-15-18/h5-8,16,18,22H,3-4,9-15H2,1-2H3,(H,23,25). The monoisotopic (exact) mass is 344 g/mol. The Hall–Kier alpha value is -1.68. The lowest BCUT2D eigenvalue weighted by atomic mass is 9.96. The average molecular weight is 344 g/mol. The summed E-state index contributed by atoms with van der Waals surface area (Å²) < 4.78 is 0. The zero-order valence-corrected chi connectivity index (χ0v) is 15.6. The molecule has 1 aromatic rings. The molecular formula is C21H32N2O2. The summed E-state index contributed by atoms with van der Waals surface area (Å²) in [5.41, 5.74) is 1.95. The molecule has 0 saturated carbocycles. The van der Waals surface area contributed by atoms with E-state index in [1.54, 1.807) is 0 Å². The van der Waals surface area contributed by atoms with E-state index in [1.165, 1.54) is 18.4 Å². The highest BCUT2D eigenvalue weighted by atomic mass is 16.2. The van der Waals surface area contributed by atoms with Gasteiger partial charge in [-0.15, -0.1) is 0 Å². The Morgan fingerprint density at radius 3 is 2.60 bits per heavy atom. The SMILES string of the molecule is CC(C)Cc1ccc(C(=O)CCC(=O)NCCC2CCCNC2)cc1. The molecular weight excluding hydrogens is 312 g/mol. The molecule has 0 aromatic heterocycles. The maximum Gasteiger partial charge on any atom is 0.220 e. The van der Waals surface area contributed by atoms with Crippen molar-refractivity contribution in [3.05, 3.63) is 35.4 Å². The van der Waals surface area contributed by atoms with Crippen molar-refractivity contribution in [1.29, 1.82) is 0 Å². The highest BCUT2D eigenvalue weighted by Gasteiger charge is 2.13. The van der Waals surface area contributed by atoms with Gasteiger partial charge in [0.25, 0.3) is 0 Å². The minimum Gasteiger partial charge on any atom is -0.356 e. The van der Waals surface area contributed by atoms with Gasteiger partial charge in [-0.1, -0.05) is 38.1 Å². The van der Waals surface area contributed by atoms with Crippen molar-refractivity contribution >= 4 is 11.7 Å². The maximum absolute atomic E-state index is 12.2. The number of benzene rings is 1. The summed E-state index contributed by atoms with van der Waals surface area (Å²) in [6.45, 7) is 7.25. The van der Waals surface area contributed by atoms with Crippen LogP contribution in [0.1, 0.15) is 61.9 Å². The fourth-order valence-electron chi connectivity index (χ4n) is 3.34. The third-order valence-corrected chi connectivity index (χ3v) is 4.77. The van der Waals surface area contributed by atoms with E-state index in [9.17, 15) is 9.59 Å². The smallest absolute Gasteiger partial charge is 0.220 e. The van der Waals surface area contributed by atoms with Crippen molar-refractivity contribution in [2.24, 2.45) is 11.8 Å². The Balaban J connectivity index is 1.65. The number of Topliss-reactive ketones (excluding diaryl/α,β-unsaturated/α-hetero) is 1. The van der Waals surface area contributed by atoms with Crippen LogP contribution < -0.4 is 10.6 Å². The quantitative estimate of drug-likeness (QED) is 0.676. The van der Waals surface area contributed by atoms with Crippen molar-refractivity contribution in [2.75, 3.05) is 19.6 Å². The van der Waals surface area contributed by atoms with Crippen molar-refractivity contribution in [1.82, 2.24) is 10.6 Å². The van der Waals surface area contributed by atoms with Crippen LogP contribution in [-0.4, -0.2) is 31.3 Å². The Morgan fingerprint density at radius 2 is 1.96 bits per heavy atom. The van der Waals surface area contributed by atoms with Gasteiger partial charge in [0.1, 0.15) is 0 Å². The second-order valence-electron chi connectivity index (χ2n) is 7.57. The van der Waals surface area contributed by atoms with Gasteiger partial charge in [0.15, 0.2) is 5.78 Å². The Kier molecular flexibility index (Phi) is 8.13. The van der Waals surface area contributed by atoms with E-state index in [-0.39, 0.29) is 24.5 Å². The molecule has 0 spiro atoms. The lowest BCUT2D eigenvalue weighted by molar-refractivity contribution is -0.121. The van der Waals surface area contributed by atoms with Crippen molar-refractivity contribution in [3.63, 3.8) is 0 Å². The van der Waals surface area contributed by atoms with Crippen LogP contribution in [0.2, 0.25) is 0 Å². The van der Waals surface area contributed by atoms with Gasteiger partial charge in [-0.25, -0.2) is 0 Å². The summed E-state index contributed by atoms with van der Waals surface area (Å²) in [7, 11) is 0. The summed E-state index contributed by atoms with van der Waals surface area (Å²) in [6.07, 6.45) is 5.06. The molecule has 4 heteroatoms. The van der Waals surface area contributed by atoms with Gasteiger partial charge in [0.2, 0.25) is 5.91 Å². The number of carbonyl (C=O) groups excluding carboxylic acids is 2. The number of amides is 1. The third-order valence-electron chi connectivity index (χ3n) is 4.77. The number of hydrogen-bond donors (Lipinski definition) is 2. The maximum atomic E-state index is 12.2. The highest BCUT2D eigenvalue weighted by Crippen LogP contribution is 2.13. The summed E-state index contributed by atoms with van der Waals surface area (Å²) >= 11 is 0. The van der Waals surface area contributed by atoms with Crippen LogP contribution in [0.4, 0.5) is 0 Å². The number of carbonyl (C=O) groups is 2. The number of piperidine rings is 1. The number of hydrogen-bond acceptors (Lipinski definition) is 3. The molecule has 1 atom stereocenters. The molecule has 1 saturated heterocycles. The summed E-state index contributed by atoms with van der Waals surface area (Å²) in [6, 6.07) is 7.80. The predicted molar refractivity (Wildman–Crippen MR) is 102 cm³/mol. The molecule has 25 heavy (non-hydrogen) atoms. The minimum absolute atomic E-state index is 0.0199. The molecule has 1 aromatic carbocycles. The molecule has 1 amide bonds. The molecule has 1 heterocycles. The first-order valence-electron chi connectivity index (χ1n) is 9.64. The topological polar surface area (TPSA) is 58.2 Å². The van der Waals surface area contributed by atoms with Gasteiger partial charge >= 0.3 is 0 Å². The van der Waals surface area contributed by atoms with Gasteiger partial charge in [-0.3, -0.25) is 9.59 Å². The predicted octanol–water partition coefficient (Wildman–Crippen LogP) is 3.35. The molecule has 1 unspecified atom stereocenters. The first-order valence-corrected chi connectivity index (χ1v) is 9.64. The highest BCUT2D eigenvalue weighted by molar-refractivity contribution is 5.97. The molecule has 2 N–H and O–H groups in total. The lowest BCUT2D eigenvalue weighted by Gasteiger charge is -2.22. The molecule has 1 aliphatic heterocycles. The van der Waals surface area contributed by atoms with Gasteiger partial charge in [-0.05, 0) is 56.2 Å². The van der Waals surface area contributed by atoms with E-state index < -0.39 is 0 Å². The zero-order chi connectivity index (χ0) is 18.1. The molecule has 4 nitrogen and oxygen atoms in total. The molecule has 0 aliphatic carbocycles. The largest absolute Gasteiger partial charge is 0.356 e. The van der Waals surface area contributed by atoms with Crippen LogP contribution in [-0.2, 0) is 11.2 Å². The first kappa shape index (κ1) is 19.6. The Bertz CT molecular complexity index is 546.